The maximum Gasteiger partial charge on any atom is 0.255 e. The van der Waals surface area contributed by atoms with Crippen LogP contribution in [0.25, 0.3) is 11.0 Å². The number of amides is 2. The summed E-state index contributed by atoms with van der Waals surface area (Å²) in [5.74, 6) is 0.806. The predicted molar refractivity (Wildman–Crippen MR) is 130 cm³/mol. The zero-order valence-electron chi connectivity index (χ0n) is 18.3. The fourth-order valence-electron chi connectivity index (χ4n) is 3.42. The first-order chi connectivity index (χ1) is 16.1. The molecule has 4 rings (SSSR count). The molecule has 4 aromatic rings. The smallest absolute Gasteiger partial charge is 0.255 e. The van der Waals surface area contributed by atoms with Crippen LogP contribution in [-0.2, 0) is 11.2 Å². The van der Waals surface area contributed by atoms with E-state index in [2.05, 4.69) is 18.3 Å². The van der Waals surface area contributed by atoms with Crippen LogP contribution in [0.15, 0.2) is 77.2 Å². The summed E-state index contributed by atoms with van der Waals surface area (Å²) >= 11 is 0. The second-order valence-electron chi connectivity index (χ2n) is 7.52. The SMILES string of the molecule is CCc1ccc2oc(N(C=O)CCOc3ccc(C(=O)Nc4ccccc4N)cc3)cc2c1. The van der Waals surface area contributed by atoms with Crippen molar-refractivity contribution in [2.24, 2.45) is 0 Å². The lowest BCUT2D eigenvalue weighted by molar-refractivity contribution is -0.107. The van der Waals surface area contributed by atoms with Crippen LogP contribution in [0, 0.1) is 0 Å². The number of nitrogens with one attached hydrogen (secondary N) is 1. The van der Waals surface area contributed by atoms with Crippen LogP contribution >= 0.6 is 0 Å². The number of nitrogens with zero attached hydrogens (tertiary/aromatic N) is 1. The minimum absolute atomic E-state index is 0.261. The van der Waals surface area contributed by atoms with Crippen molar-refractivity contribution in [2.45, 2.75) is 13.3 Å². The molecule has 7 heteroatoms. The van der Waals surface area contributed by atoms with Crippen molar-refractivity contribution in [2.75, 3.05) is 29.1 Å². The number of anilines is 3. The number of benzene rings is 3. The van der Waals surface area contributed by atoms with E-state index in [0.29, 0.717) is 35.1 Å². The Balaban J connectivity index is 1.33. The number of ether oxygens (including phenoxy) is 1. The van der Waals surface area contributed by atoms with E-state index >= 15 is 0 Å². The Morgan fingerprint density at radius 3 is 2.61 bits per heavy atom. The molecule has 0 saturated heterocycles. The summed E-state index contributed by atoms with van der Waals surface area (Å²) < 4.78 is 11.6. The van der Waals surface area contributed by atoms with E-state index in [1.165, 1.54) is 10.5 Å². The maximum atomic E-state index is 12.4. The number of carbonyl (C=O) groups is 2. The number of nitrogen functional groups attached to an aromatic ring is 1. The number of fused-ring (bicyclic) bond motifs is 1. The molecule has 0 aliphatic heterocycles. The Morgan fingerprint density at radius 1 is 1.09 bits per heavy atom. The third-order valence-corrected chi connectivity index (χ3v) is 5.31. The largest absolute Gasteiger partial charge is 0.492 e. The molecular formula is C26H25N3O4. The van der Waals surface area contributed by atoms with Gasteiger partial charge in [-0.15, -0.1) is 0 Å². The van der Waals surface area contributed by atoms with Gasteiger partial charge in [0.15, 0.2) is 0 Å². The molecule has 1 aromatic heterocycles. The van der Waals surface area contributed by atoms with Crippen LogP contribution in [0.2, 0.25) is 0 Å². The van der Waals surface area contributed by atoms with Crippen LogP contribution in [0.4, 0.5) is 17.3 Å². The van der Waals surface area contributed by atoms with Gasteiger partial charge >= 0.3 is 0 Å². The molecule has 0 spiro atoms. The number of rotatable bonds is 9. The average molecular weight is 444 g/mol. The molecule has 0 atom stereocenters. The van der Waals surface area contributed by atoms with E-state index in [4.69, 9.17) is 14.9 Å². The first-order valence-corrected chi connectivity index (χ1v) is 10.7. The number of nitrogens with two attached hydrogens (primary N) is 1. The van der Waals surface area contributed by atoms with Crippen molar-refractivity contribution >= 4 is 40.5 Å². The summed E-state index contributed by atoms with van der Waals surface area (Å²) in [6.45, 7) is 2.68. The van der Waals surface area contributed by atoms with Gasteiger partial charge in [-0.1, -0.05) is 25.1 Å². The molecule has 1 heterocycles. The van der Waals surface area contributed by atoms with Crippen molar-refractivity contribution in [3.05, 3.63) is 83.9 Å². The van der Waals surface area contributed by atoms with Crippen LogP contribution in [0.3, 0.4) is 0 Å². The standard InChI is InChI=1S/C26H25N3O4/c1-2-18-7-12-24-20(15-18)16-25(33-24)29(17-30)13-14-32-21-10-8-19(9-11-21)26(31)28-23-6-4-3-5-22(23)27/h3-12,15-17H,2,13-14,27H2,1H3,(H,28,31). The Bertz CT molecular complexity index is 1260. The Morgan fingerprint density at radius 2 is 1.88 bits per heavy atom. The van der Waals surface area contributed by atoms with Gasteiger partial charge < -0.3 is 20.2 Å². The van der Waals surface area contributed by atoms with Crippen molar-refractivity contribution in [3.8, 4) is 5.75 Å². The molecule has 0 bridgehead atoms. The quantitative estimate of drug-likeness (QED) is 0.284. The third-order valence-electron chi connectivity index (χ3n) is 5.31. The van der Waals surface area contributed by atoms with Crippen molar-refractivity contribution < 1.29 is 18.7 Å². The van der Waals surface area contributed by atoms with E-state index in [9.17, 15) is 9.59 Å². The topological polar surface area (TPSA) is 97.8 Å². The first kappa shape index (κ1) is 22.0. The Labute approximate surface area is 191 Å². The van der Waals surface area contributed by atoms with Crippen LogP contribution in [0.5, 0.6) is 5.75 Å². The molecule has 33 heavy (non-hydrogen) atoms. The lowest BCUT2D eigenvalue weighted by Gasteiger charge is -2.14. The van der Waals surface area contributed by atoms with Crippen LogP contribution in [0.1, 0.15) is 22.8 Å². The van der Waals surface area contributed by atoms with Gasteiger partial charge in [0.2, 0.25) is 12.3 Å². The highest BCUT2D eigenvalue weighted by Crippen LogP contribution is 2.26. The van der Waals surface area contributed by atoms with Crippen molar-refractivity contribution in [1.82, 2.24) is 0 Å². The van der Waals surface area contributed by atoms with Crippen LogP contribution in [-0.4, -0.2) is 25.5 Å². The normalized spacial score (nSPS) is 10.7. The third kappa shape index (κ3) is 5.15. The van der Waals surface area contributed by atoms with E-state index < -0.39 is 0 Å². The van der Waals surface area contributed by atoms with Gasteiger partial charge in [-0.2, -0.15) is 0 Å². The second-order valence-corrected chi connectivity index (χ2v) is 7.52. The molecule has 0 saturated carbocycles. The lowest BCUT2D eigenvalue weighted by Crippen LogP contribution is -2.26. The van der Waals surface area contributed by atoms with Gasteiger partial charge in [0.1, 0.15) is 17.9 Å². The van der Waals surface area contributed by atoms with E-state index in [0.717, 1.165) is 23.8 Å². The number of hydrogen-bond donors (Lipinski definition) is 2. The first-order valence-electron chi connectivity index (χ1n) is 10.7. The Hall–Kier alpha value is -4.26. The van der Waals surface area contributed by atoms with Gasteiger partial charge in [0, 0.05) is 17.0 Å². The molecule has 0 aliphatic carbocycles. The zero-order valence-corrected chi connectivity index (χ0v) is 18.3. The second kappa shape index (κ2) is 9.91. The summed E-state index contributed by atoms with van der Waals surface area (Å²) in [6.07, 6.45) is 1.66. The number of furan rings is 1. The molecule has 0 aliphatic rings. The summed E-state index contributed by atoms with van der Waals surface area (Å²) in [6, 6.07) is 21.7. The molecule has 7 nitrogen and oxygen atoms in total. The highest BCUT2D eigenvalue weighted by molar-refractivity contribution is 6.05. The minimum Gasteiger partial charge on any atom is -0.492 e. The van der Waals surface area contributed by atoms with Gasteiger partial charge in [-0.3, -0.25) is 14.5 Å². The van der Waals surface area contributed by atoms with Gasteiger partial charge in [0.25, 0.3) is 5.91 Å². The van der Waals surface area contributed by atoms with E-state index in [1.807, 2.05) is 18.2 Å². The monoisotopic (exact) mass is 443 g/mol. The molecule has 3 N–H and O–H groups in total. The minimum atomic E-state index is -0.261. The van der Waals surface area contributed by atoms with Crippen molar-refractivity contribution in [1.29, 1.82) is 0 Å². The summed E-state index contributed by atoms with van der Waals surface area (Å²) in [5, 5.41) is 3.75. The summed E-state index contributed by atoms with van der Waals surface area (Å²) in [7, 11) is 0. The highest BCUT2D eigenvalue weighted by atomic mass is 16.5. The van der Waals surface area contributed by atoms with Crippen molar-refractivity contribution in [3.63, 3.8) is 0 Å². The fraction of sp³-hybridized carbons (Fsp3) is 0.154. The van der Waals surface area contributed by atoms with Gasteiger partial charge in [-0.25, -0.2) is 0 Å². The number of aryl methyl sites for hydroxylation is 1. The highest BCUT2D eigenvalue weighted by Gasteiger charge is 2.13. The summed E-state index contributed by atoms with van der Waals surface area (Å²) in [5.41, 5.74) is 9.36. The number of hydrogen-bond acceptors (Lipinski definition) is 5. The number of carbonyl (C=O) groups excluding carboxylic acids is 2. The molecular weight excluding hydrogens is 418 g/mol. The lowest BCUT2D eigenvalue weighted by atomic mass is 10.1. The predicted octanol–water partition coefficient (Wildman–Crippen LogP) is 4.87. The maximum absolute atomic E-state index is 12.4. The molecule has 0 fully saturated rings. The Kier molecular flexibility index (Phi) is 6.59. The molecule has 0 radical (unpaired) electrons. The van der Waals surface area contributed by atoms with E-state index in [-0.39, 0.29) is 12.5 Å². The molecule has 168 valence electrons. The average Bonchev–Trinajstić information content (AvgIpc) is 3.26. The van der Waals surface area contributed by atoms with Crippen LogP contribution < -0.4 is 20.7 Å². The fourth-order valence-corrected chi connectivity index (χ4v) is 3.42. The molecule has 0 unspecified atom stereocenters. The van der Waals surface area contributed by atoms with Gasteiger partial charge in [-0.05, 0) is 60.5 Å². The molecule has 3 aromatic carbocycles. The number of para-hydroxylation sites is 2. The summed E-state index contributed by atoms with van der Waals surface area (Å²) in [4.78, 5) is 25.5. The van der Waals surface area contributed by atoms with E-state index in [1.54, 1.807) is 48.5 Å². The van der Waals surface area contributed by atoms with Gasteiger partial charge in [0.05, 0.1) is 17.9 Å². The molecule has 2 amide bonds. The zero-order chi connectivity index (χ0) is 23.2.